The molecular weight excluding hydrogens is 370 g/mol. The SMILES string of the molecule is CN(c1ccc(OCC2CC2)cc1)c1ccc2c(c1)CC[C@H]2CNc1cccnc1. The quantitative estimate of drug-likeness (QED) is 0.521. The summed E-state index contributed by atoms with van der Waals surface area (Å²) in [6, 6.07) is 19.4. The Kier molecular flexibility index (Phi) is 5.31. The molecule has 0 aliphatic heterocycles. The molecule has 1 aromatic heterocycles. The predicted octanol–water partition coefficient (Wildman–Crippen LogP) is 5.78. The van der Waals surface area contributed by atoms with E-state index in [9.17, 15) is 0 Å². The molecule has 154 valence electrons. The summed E-state index contributed by atoms with van der Waals surface area (Å²) in [5, 5.41) is 3.53. The number of aryl methyl sites for hydroxylation is 1. The molecule has 1 N–H and O–H groups in total. The maximum Gasteiger partial charge on any atom is 0.119 e. The third-order valence-electron chi connectivity index (χ3n) is 6.34. The predicted molar refractivity (Wildman–Crippen MR) is 123 cm³/mol. The Balaban J connectivity index is 1.23. The lowest BCUT2D eigenvalue weighted by Gasteiger charge is -2.21. The van der Waals surface area contributed by atoms with Crippen LogP contribution in [0.2, 0.25) is 0 Å². The molecule has 1 atom stereocenters. The molecule has 0 saturated heterocycles. The zero-order valence-electron chi connectivity index (χ0n) is 17.6. The van der Waals surface area contributed by atoms with Crippen LogP contribution in [0, 0.1) is 5.92 Å². The van der Waals surface area contributed by atoms with Gasteiger partial charge in [-0.15, -0.1) is 0 Å². The van der Waals surface area contributed by atoms with Gasteiger partial charge in [0.1, 0.15) is 5.75 Å². The molecule has 4 nitrogen and oxygen atoms in total. The van der Waals surface area contributed by atoms with Crippen LogP contribution in [0.1, 0.15) is 36.3 Å². The molecule has 30 heavy (non-hydrogen) atoms. The van der Waals surface area contributed by atoms with Crippen LogP contribution in [0.4, 0.5) is 17.1 Å². The minimum atomic E-state index is 0.558. The van der Waals surface area contributed by atoms with Crippen molar-refractivity contribution in [3.63, 3.8) is 0 Å². The molecule has 5 rings (SSSR count). The lowest BCUT2D eigenvalue weighted by molar-refractivity contribution is 0.300. The van der Waals surface area contributed by atoms with Crippen LogP contribution in [0.5, 0.6) is 5.75 Å². The number of nitrogens with one attached hydrogen (secondary N) is 1. The standard InChI is InChI=1S/C26H29N3O/c1-29(23-8-11-25(12-9-23)30-18-19-4-5-19)24-10-13-26-20(15-24)6-7-21(26)16-28-22-3-2-14-27-17-22/h2-3,8-15,17,19,21,28H,4-7,16,18H2,1H3/t21-/m0/s1. The molecule has 2 aliphatic rings. The van der Waals surface area contributed by atoms with Gasteiger partial charge in [-0.05, 0) is 91.3 Å². The van der Waals surface area contributed by atoms with E-state index < -0.39 is 0 Å². The van der Waals surface area contributed by atoms with Crippen molar-refractivity contribution >= 4 is 17.1 Å². The van der Waals surface area contributed by atoms with Crippen molar-refractivity contribution in [2.75, 3.05) is 30.4 Å². The Morgan fingerprint density at radius 1 is 1.03 bits per heavy atom. The molecule has 4 heteroatoms. The van der Waals surface area contributed by atoms with E-state index in [0.717, 1.165) is 36.9 Å². The first-order valence-electron chi connectivity index (χ1n) is 11.0. The van der Waals surface area contributed by atoms with Gasteiger partial charge in [0, 0.05) is 43.3 Å². The van der Waals surface area contributed by atoms with Crippen molar-refractivity contribution in [1.29, 1.82) is 0 Å². The van der Waals surface area contributed by atoms with Crippen LogP contribution in [-0.4, -0.2) is 25.2 Å². The van der Waals surface area contributed by atoms with Gasteiger partial charge in [0.05, 0.1) is 12.3 Å². The topological polar surface area (TPSA) is 37.4 Å². The minimum Gasteiger partial charge on any atom is -0.493 e. The summed E-state index contributed by atoms with van der Waals surface area (Å²) in [5.41, 5.74) is 6.46. The van der Waals surface area contributed by atoms with Crippen molar-refractivity contribution in [2.45, 2.75) is 31.6 Å². The van der Waals surface area contributed by atoms with E-state index in [1.807, 2.05) is 18.5 Å². The van der Waals surface area contributed by atoms with E-state index in [-0.39, 0.29) is 0 Å². The van der Waals surface area contributed by atoms with E-state index in [1.165, 1.54) is 41.8 Å². The normalized spacial score (nSPS) is 17.4. The van der Waals surface area contributed by atoms with Crippen LogP contribution < -0.4 is 15.0 Å². The number of nitrogens with zero attached hydrogens (tertiary/aromatic N) is 2. The van der Waals surface area contributed by atoms with Gasteiger partial charge in [-0.25, -0.2) is 0 Å². The number of rotatable bonds is 8. The zero-order chi connectivity index (χ0) is 20.3. The van der Waals surface area contributed by atoms with Gasteiger partial charge >= 0.3 is 0 Å². The molecule has 0 unspecified atom stereocenters. The maximum atomic E-state index is 5.87. The number of anilines is 3. The van der Waals surface area contributed by atoms with Crippen LogP contribution in [0.3, 0.4) is 0 Å². The van der Waals surface area contributed by atoms with E-state index in [4.69, 9.17) is 4.74 Å². The molecule has 2 aromatic carbocycles. The zero-order valence-corrected chi connectivity index (χ0v) is 17.6. The molecule has 0 bridgehead atoms. The molecule has 0 radical (unpaired) electrons. The summed E-state index contributed by atoms with van der Waals surface area (Å²) in [4.78, 5) is 6.44. The Labute approximate surface area is 178 Å². The second-order valence-corrected chi connectivity index (χ2v) is 8.55. The summed E-state index contributed by atoms with van der Waals surface area (Å²) in [6.07, 6.45) is 8.67. The van der Waals surface area contributed by atoms with Gasteiger partial charge in [-0.2, -0.15) is 0 Å². The van der Waals surface area contributed by atoms with Crippen LogP contribution in [0.25, 0.3) is 0 Å². The summed E-state index contributed by atoms with van der Waals surface area (Å²) in [6.45, 7) is 1.81. The Morgan fingerprint density at radius 2 is 1.87 bits per heavy atom. The van der Waals surface area contributed by atoms with Crippen molar-refractivity contribution in [2.24, 2.45) is 5.92 Å². The Hall–Kier alpha value is -3.01. The van der Waals surface area contributed by atoms with Gasteiger partial charge in [-0.3, -0.25) is 4.98 Å². The van der Waals surface area contributed by atoms with Gasteiger partial charge < -0.3 is 15.0 Å². The monoisotopic (exact) mass is 399 g/mol. The highest BCUT2D eigenvalue weighted by Gasteiger charge is 2.23. The van der Waals surface area contributed by atoms with Crippen LogP contribution in [-0.2, 0) is 6.42 Å². The average Bonchev–Trinajstić information content (AvgIpc) is 3.55. The number of fused-ring (bicyclic) bond motifs is 1. The summed E-state index contributed by atoms with van der Waals surface area (Å²) in [7, 11) is 2.14. The van der Waals surface area contributed by atoms with Crippen molar-refractivity contribution in [1.82, 2.24) is 4.98 Å². The fourth-order valence-electron chi connectivity index (χ4n) is 4.23. The van der Waals surface area contributed by atoms with Gasteiger partial charge in [-0.1, -0.05) is 6.07 Å². The highest BCUT2D eigenvalue weighted by molar-refractivity contribution is 5.65. The summed E-state index contributed by atoms with van der Waals surface area (Å²) in [5.74, 6) is 2.31. The van der Waals surface area contributed by atoms with Crippen LogP contribution >= 0.6 is 0 Å². The lowest BCUT2D eigenvalue weighted by Crippen LogP contribution is -2.11. The third kappa shape index (κ3) is 4.28. The van der Waals surface area contributed by atoms with E-state index in [1.54, 1.807) is 0 Å². The van der Waals surface area contributed by atoms with Gasteiger partial charge in [0.2, 0.25) is 0 Å². The van der Waals surface area contributed by atoms with Crippen molar-refractivity contribution < 1.29 is 4.74 Å². The first kappa shape index (κ1) is 19.0. The summed E-state index contributed by atoms with van der Waals surface area (Å²) < 4.78 is 5.87. The number of benzene rings is 2. The van der Waals surface area contributed by atoms with Crippen LogP contribution in [0.15, 0.2) is 67.0 Å². The largest absolute Gasteiger partial charge is 0.493 e. The Bertz CT molecular complexity index is 983. The number of hydrogen-bond donors (Lipinski definition) is 1. The second-order valence-electron chi connectivity index (χ2n) is 8.55. The van der Waals surface area contributed by atoms with Gasteiger partial charge in [0.15, 0.2) is 0 Å². The highest BCUT2D eigenvalue weighted by atomic mass is 16.5. The first-order valence-corrected chi connectivity index (χ1v) is 11.0. The number of pyridine rings is 1. The number of hydrogen-bond acceptors (Lipinski definition) is 4. The van der Waals surface area contributed by atoms with Gasteiger partial charge in [0.25, 0.3) is 0 Å². The number of aromatic nitrogens is 1. The molecular formula is C26H29N3O. The molecule has 3 aromatic rings. The summed E-state index contributed by atoms with van der Waals surface area (Å²) >= 11 is 0. The average molecular weight is 400 g/mol. The molecule has 0 amide bonds. The fraction of sp³-hybridized carbons (Fsp3) is 0.346. The molecule has 1 fully saturated rings. The molecule has 0 spiro atoms. The van der Waals surface area contributed by atoms with Crippen molar-refractivity contribution in [3.8, 4) is 5.75 Å². The van der Waals surface area contributed by atoms with Crippen molar-refractivity contribution in [3.05, 3.63) is 78.1 Å². The number of ether oxygens (including phenoxy) is 1. The second kappa shape index (κ2) is 8.39. The van der Waals surface area contributed by atoms with E-state index in [0.29, 0.717) is 5.92 Å². The van der Waals surface area contributed by atoms with E-state index in [2.05, 4.69) is 70.8 Å². The van der Waals surface area contributed by atoms with E-state index >= 15 is 0 Å². The Morgan fingerprint density at radius 3 is 2.63 bits per heavy atom. The smallest absolute Gasteiger partial charge is 0.119 e. The lowest BCUT2D eigenvalue weighted by atomic mass is 10.0. The third-order valence-corrected chi connectivity index (χ3v) is 6.34. The maximum absolute atomic E-state index is 5.87. The fourth-order valence-corrected chi connectivity index (χ4v) is 4.23. The molecule has 2 aliphatic carbocycles. The minimum absolute atomic E-state index is 0.558. The highest BCUT2D eigenvalue weighted by Crippen LogP contribution is 2.37. The molecule has 1 heterocycles. The first-order chi connectivity index (χ1) is 14.8. The molecule has 1 saturated carbocycles.